The van der Waals surface area contributed by atoms with E-state index in [0.29, 0.717) is 17.9 Å². The number of para-hydroxylation sites is 1. The van der Waals surface area contributed by atoms with Gasteiger partial charge in [0.25, 0.3) is 5.91 Å². The Bertz CT molecular complexity index is 1020. The van der Waals surface area contributed by atoms with E-state index in [9.17, 15) is 18.0 Å². The summed E-state index contributed by atoms with van der Waals surface area (Å²) in [6, 6.07) is 20.3. The molecule has 0 N–H and O–H groups in total. The maximum Gasteiger partial charge on any atom is 0.416 e. The molecule has 1 amide bonds. The first-order chi connectivity index (χ1) is 14.4. The van der Waals surface area contributed by atoms with Gasteiger partial charge >= 0.3 is 6.18 Å². The van der Waals surface area contributed by atoms with Crippen LogP contribution >= 0.6 is 0 Å². The van der Waals surface area contributed by atoms with Gasteiger partial charge in [0.2, 0.25) is 0 Å². The smallest absolute Gasteiger partial charge is 0.416 e. The summed E-state index contributed by atoms with van der Waals surface area (Å²) >= 11 is 0. The number of carbonyl (C=O) groups excluding carboxylic acids is 1. The van der Waals surface area contributed by atoms with Crippen molar-refractivity contribution in [1.29, 1.82) is 0 Å². The Kier molecular flexibility index (Phi) is 5.46. The second kappa shape index (κ2) is 8.20. The molecule has 3 aromatic rings. The van der Waals surface area contributed by atoms with E-state index in [-0.39, 0.29) is 24.1 Å². The first-order valence-electron chi connectivity index (χ1n) is 9.33. The van der Waals surface area contributed by atoms with Crippen LogP contribution in [0.15, 0.2) is 78.9 Å². The molecule has 0 aliphatic carbocycles. The Morgan fingerprint density at radius 2 is 1.60 bits per heavy atom. The van der Waals surface area contributed by atoms with Crippen LogP contribution in [0.25, 0.3) is 0 Å². The summed E-state index contributed by atoms with van der Waals surface area (Å²) in [4.78, 5) is 14.5. The van der Waals surface area contributed by atoms with Crippen molar-refractivity contribution in [2.75, 3.05) is 18.1 Å². The zero-order valence-corrected chi connectivity index (χ0v) is 15.8. The van der Waals surface area contributed by atoms with Crippen LogP contribution in [0, 0.1) is 0 Å². The van der Waals surface area contributed by atoms with Gasteiger partial charge in [0.1, 0.15) is 18.5 Å². The van der Waals surface area contributed by atoms with Crippen LogP contribution in [0.1, 0.15) is 15.9 Å². The molecule has 1 heterocycles. The zero-order valence-electron chi connectivity index (χ0n) is 15.8. The van der Waals surface area contributed by atoms with Crippen LogP contribution in [0.4, 0.5) is 24.5 Å². The largest absolute Gasteiger partial charge is 0.491 e. The third-order valence-corrected chi connectivity index (χ3v) is 4.55. The molecule has 1 aliphatic heterocycles. The fraction of sp³-hybridized carbons (Fsp3) is 0.174. The minimum absolute atomic E-state index is 0.0251. The number of rotatable bonds is 6. The number of hydrogen-bond acceptors (Lipinski definition) is 3. The highest BCUT2D eigenvalue weighted by Crippen LogP contribution is 2.38. The van der Waals surface area contributed by atoms with Gasteiger partial charge in [-0.15, -0.1) is 0 Å². The van der Waals surface area contributed by atoms with Gasteiger partial charge in [0, 0.05) is 17.3 Å². The predicted molar refractivity (Wildman–Crippen MR) is 106 cm³/mol. The van der Waals surface area contributed by atoms with E-state index in [0.717, 1.165) is 12.1 Å². The summed E-state index contributed by atoms with van der Waals surface area (Å²) in [5, 5.41) is 0. The van der Waals surface area contributed by atoms with Crippen molar-refractivity contribution < 1.29 is 27.4 Å². The predicted octanol–water partition coefficient (Wildman–Crippen LogP) is 5.46. The van der Waals surface area contributed by atoms with Crippen molar-refractivity contribution >= 4 is 17.3 Å². The zero-order chi connectivity index (χ0) is 21.1. The van der Waals surface area contributed by atoms with Crippen LogP contribution in [-0.4, -0.2) is 25.2 Å². The van der Waals surface area contributed by atoms with Gasteiger partial charge in [-0.05, 0) is 36.4 Å². The number of alkyl halides is 3. The van der Waals surface area contributed by atoms with Crippen molar-refractivity contribution in [3.8, 4) is 5.75 Å². The third kappa shape index (κ3) is 4.63. The molecular weight excluding hydrogens is 395 g/mol. The Balaban J connectivity index is 1.80. The van der Waals surface area contributed by atoms with E-state index < -0.39 is 17.6 Å². The number of epoxide rings is 1. The molecule has 30 heavy (non-hydrogen) atoms. The van der Waals surface area contributed by atoms with Crippen LogP contribution in [0.3, 0.4) is 0 Å². The summed E-state index contributed by atoms with van der Waals surface area (Å²) < 4.78 is 51.3. The molecule has 1 unspecified atom stereocenters. The SMILES string of the molecule is O=C(c1ccccc1)N(c1ccccc1)c1cc(OCC2CO2)cc(C(F)(F)F)c1. The lowest BCUT2D eigenvalue weighted by atomic mass is 10.1. The van der Waals surface area contributed by atoms with E-state index in [4.69, 9.17) is 9.47 Å². The van der Waals surface area contributed by atoms with Crippen LogP contribution in [0.5, 0.6) is 5.75 Å². The number of ether oxygens (including phenoxy) is 2. The lowest BCUT2D eigenvalue weighted by Gasteiger charge is -2.25. The van der Waals surface area contributed by atoms with E-state index in [1.54, 1.807) is 60.7 Å². The van der Waals surface area contributed by atoms with Crippen molar-refractivity contribution in [2.45, 2.75) is 12.3 Å². The first kappa shape index (κ1) is 20.0. The van der Waals surface area contributed by atoms with Crippen LogP contribution < -0.4 is 9.64 Å². The monoisotopic (exact) mass is 413 g/mol. The molecule has 0 bridgehead atoms. The fourth-order valence-electron chi connectivity index (χ4n) is 2.98. The Morgan fingerprint density at radius 1 is 0.967 bits per heavy atom. The second-order valence-corrected chi connectivity index (χ2v) is 6.82. The lowest BCUT2D eigenvalue weighted by Crippen LogP contribution is -2.26. The third-order valence-electron chi connectivity index (χ3n) is 4.55. The molecule has 0 radical (unpaired) electrons. The molecule has 154 valence electrons. The summed E-state index contributed by atoms with van der Waals surface area (Å²) in [6.07, 6.45) is -4.71. The quantitative estimate of drug-likeness (QED) is 0.504. The molecule has 7 heteroatoms. The number of halogens is 3. The highest BCUT2D eigenvalue weighted by Gasteiger charge is 2.33. The number of nitrogens with zero attached hydrogens (tertiary/aromatic N) is 1. The first-order valence-corrected chi connectivity index (χ1v) is 9.33. The highest BCUT2D eigenvalue weighted by molar-refractivity contribution is 6.11. The Labute approximate surface area is 171 Å². The van der Waals surface area contributed by atoms with Gasteiger partial charge in [-0.2, -0.15) is 13.2 Å². The maximum absolute atomic E-state index is 13.6. The summed E-state index contributed by atoms with van der Waals surface area (Å²) in [7, 11) is 0. The van der Waals surface area contributed by atoms with Gasteiger partial charge in [-0.1, -0.05) is 36.4 Å². The van der Waals surface area contributed by atoms with Crippen molar-refractivity contribution in [3.05, 3.63) is 90.0 Å². The molecule has 4 rings (SSSR count). The van der Waals surface area contributed by atoms with Crippen molar-refractivity contribution in [1.82, 2.24) is 0 Å². The number of carbonyl (C=O) groups is 1. The van der Waals surface area contributed by atoms with Gasteiger partial charge in [0.05, 0.1) is 17.9 Å². The molecule has 0 spiro atoms. The van der Waals surface area contributed by atoms with Crippen molar-refractivity contribution in [2.24, 2.45) is 0 Å². The average Bonchev–Trinajstić information content (AvgIpc) is 3.58. The van der Waals surface area contributed by atoms with Crippen LogP contribution in [-0.2, 0) is 10.9 Å². The molecule has 4 nitrogen and oxygen atoms in total. The lowest BCUT2D eigenvalue weighted by molar-refractivity contribution is -0.137. The van der Waals surface area contributed by atoms with Gasteiger partial charge in [-0.25, -0.2) is 0 Å². The molecule has 0 aromatic heterocycles. The summed E-state index contributed by atoms with van der Waals surface area (Å²) in [6.45, 7) is 0.674. The van der Waals surface area contributed by atoms with Crippen LogP contribution in [0.2, 0.25) is 0 Å². The van der Waals surface area contributed by atoms with Gasteiger partial charge < -0.3 is 9.47 Å². The van der Waals surface area contributed by atoms with Gasteiger partial charge in [-0.3, -0.25) is 9.69 Å². The van der Waals surface area contributed by atoms with E-state index in [2.05, 4.69) is 0 Å². The van der Waals surface area contributed by atoms with E-state index >= 15 is 0 Å². The highest BCUT2D eigenvalue weighted by atomic mass is 19.4. The molecule has 1 fully saturated rings. The number of amides is 1. The standard InChI is InChI=1S/C23H18F3NO3/c24-23(25,26)17-11-19(13-20(12-17)29-14-21-15-30-21)27(18-9-5-2-6-10-18)22(28)16-7-3-1-4-8-16/h1-13,21H,14-15H2. The number of hydrogen-bond donors (Lipinski definition) is 0. The Morgan fingerprint density at radius 3 is 2.20 bits per heavy atom. The van der Waals surface area contributed by atoms with Gasteiger partial charge in [0.15, 0.2) is 0 Å². The molecule has 1 atom stereocenters. The fourth-order valence-corrected chi connectivity index (χ4v) is 2.98. The molecule has 1 saturated heterocycles. The normalized spacial score (nSPS) is 15.5. The Hall–Kier alpha value is -3.32. The summed E-state index contributed by atoms with van der Waals surface area (Å²) in [5.41, 5.74) is -0.0279. The minimum Gasteiger partial charge on any atom is -0.491 e. The second-order valence-electron chi connectivity index (χ2n) is 6.82. The number of benzene rings is 3. The topological polar surface area (TPSA) is 42.1 Å². The number of anilines is 2. The van der Waals surface area contributed by atoms with E-state index in [1.165, 1.54) is 11.0 Å². The maximum atomic E-state index is 13.6. The summed E-state index contributed by atoms with van der Waals surface area (Å²) in [5.74, 6) is -0.422. The molecule has 1 aliphatic rings. The average molecular weight is 413 g/mol. The minimum atomic E-state index is -4.59. The molecular formula is C23H18F3NO3. The van der Waals surface area contributed by atoms with Crippen molar-refractivity contribution in [3.63, 3.8) is 0 Å². The molecule has 0 saturated carbocycles. The van der Waals surface area contributed by atoms with E-state index in [1.807, 2.05) is 0 Å². The molecule has 3 aromatic carbocycles.